The SMILES string of the molecule is CN=C(NCCc1c[nH]c2ccc(F)cc12)NCC(C)CN1CCOCC1. The van der Waals surface area contributed by atoms with Crippen molar-refractivity contribution < 1.29 is 9.13 Å². The molecule has 1 atom stereocenters. The minimum absolute atomic E-state index is 0.206. The van der Waals surface area contributed by atoms with Crippen molar-refractivity contribution >= 4 is 16.9 Å². The van der Waals surface area contributed by atoms with E-state index in [-0.39, 0.29) is 5.82 Å². The molecule has 1 aliphatic heterocycles. The number of H-pyrrole nitrogens is 1. The van der Waals surface area contributed by atoms with Crippen LogP contribution >= 0.6 is 0 Å². The summed E-state index contributed by atoms with van der Waals surface area (Å²) in [7, 11) is 1.78. The lowest BCUT2D eigenvalue weighted by Crippen LogP contribution is -2.44. The molecule has 0 bridgehead atoms. The third kappa shape index (κ3) is 5.68. The van der Waals surface area contributed by atoms with Crippen LogP contribution in [0.5, 0.6) is 0 Å². The fraction of sp³-hybridized carbons (Fsp3) is 0.550. The van der Waals surface area contributed by atoms with Crippen LogP contribution in [0.15, 0.2) is 29.4 Å². The van der Waals surface area contributed by atoms with Gasteiger partial charge in [-0.1, -0.05) is 6.92 Å². The van der Waals surface area contributed by atoms with E-state index in [0.29, 0.717) is 5.92 Å². The van der Waals surface area contributed by atoms with E-state index in [4.69, 9.17) is 4.74 Å². The Morgan fingerprint density at radius 3 is 2.93 bits per heavy atom. The molecular formula is C20H30FN5O. The Bertz CT molecular complexity index is 754. The third-order valence-electron chi connectivity index (χ3n) is 4.93. The van der Waals surface area contributed by atoms with Gasteiger partial charge in [0.2, 0.25) is 0 Å². The Kier molecular flexibility index (Phi) is 7.06. The van der Waals surface area contributed by atoms with Crippen LogP contribution in [0.4, 0.5) is 4.39 Å². The van der Waals surface area contributed by atoms with Gasteiger partial charge in [0.25, 0.3) is 0 Å². The number of fused-ring (bicyclic) bond motifs is 1. The summed E-state index contributed by atoms with van der Waals surface area (Å²) in [5.41, 5.74) is 2.07. The number of morpholine rings is 1. The fourth-order valence-electron chi connectivity index (χ4n) is 3.45. The van der Waals surface area contributed by atoms with Gasteiger partial charge in [-0.25, -0.2) is 4.39 Å². The lowest BCUT2D eigenvalue weighted by molar-refractivity contribution is 0.0320. The second-order valence-corrected chi connectivity index (χ2v) is 7.15. The van der Waals surface area contributed by atoms with Crippen LogP contribution in [0.3, 0.4) is 0 Å². The Labute approximate surface area is 160 Å². The summed E-state index contributed by atoms with van der Waals surface area (Å²) in [5.74, 6) is 1.12. The lowest BCUT2D eigenvalue weighted by Gasteiger charge is -2.29. The largest absolute Gasteiger partial charge is 0.379 e. The molecule has 3 rings (SSSR count). The highest BCUT2D eigenvalue weighted by Gasteiger charge is 2.14. The minimum atomic E-state index is -0.206. The zero-order chi connectivity index (χ0) is 19.1. The zero-order valence-electron chi connectivity index (χ0n) is 16.2. The number of guanidine groups is 1. The van der Waals surface area contributed by atoms with Crippen molar-refractivity contribution in [2.75, 3.05) is 53.0 Å². The van der Waals surface area contributed by atoms with Crippen molar-refractivity contribution in [3.63, 3.8) is 0 Å². The van der Waals surface area contributed by atoms with Gasteiger partial charge in [-0.15, -0.1) is 0 Å². The fourth-order valence-corrected chi connectivity index (χ4v) is 3.45. The highest BCUT2D eigenvalue weighted by molar-refractivity contribution is 5.83. The molecule has 27 heavy (non-hydrogen) atoms. The second-order valence-electron chi connectivity index (χ2n) is 7.15. The topological polar surface area (TPSA) is 64.7 Å². The number of aromatic nitrogens is 1. The van der Waals surface area contributed by atoms with Gasteiger partial charge in [-0.3, -0.25) is 9.89 Å². The van der Waals surface area contributed by atoms with Crippen LogP contribution in [0.25, 0.3) is 10.9 Å². The second kappa shape index (κ2) is 9.71. The van der Waals surface area contributed by atoms with Gasteiger partial charge >= 0.3 is 0 Å². The van der Waals surface area contributed by atoms with E-state index in [2.05, 4.69) is 32.4 Å². The molecule has 6 nitrogen and oxygen atoms in total. The monoisotopic (exact) mass is 375 g/mol. The normalized spacial score (nSPS) is 17.2. The van der Waals surface area contributed by atoms with Crippen LogP contribution < -0.4 is 10.6 Å². The molecule has 7 heteroatoms. The number of ether oxygens (including phenoxy) is 1. The number of hydrogen-bond acceptors (Lipinski definition) is 3. The van der Waals surface area contributed by atoms with Crippen molar-refractivity contribution in [3.8, 4) is 0 Å². The highest BCUT2D eigenvalue weighted by atomic mass is 19.1. The van der Waals surface area contributed by atoms with Gasteiger partial charge in [-0.2, -0.15) is 0 Å². The Balaban J connectivity index is 1.41. The van der Waals surface area contributed by atoms with E-state index in [1.54, 1.807) is 19.2 Å². The van der Waals surface area contributed by atoms with Gasteiger partial charge < -0.3 is 20.4 Å². The summed E-state index contributed by atoms with van der Waals surface area (Å²) in [6.07, 6.45) is 2.75. The van der Waals surface area contributed by atoms with E-state index in [9.17, 15) is 4.39 Å². The molecule has 0 amide bonds. The molecule has 0 spiro atoms. The van der Waals surface area contributed by atoms with Crippen LogP contribution in [-0.4, -0.2) is 68.8 Å². The molecule has 1 fully saturated rings. The zero-order valence-corrected chi connectivity index (χ0v) is 16.2. The summed E-state index contributed by atoms with van der Waals surface area (Å²) in [6, 6.07) is 4.84. The van der Waals surface area contributed by atoms with Crippen molar-refractivity contribution in [3.05, 3.63) is 35.8 Å². The van der Waals surface area contributed by atoms with Crippen LogP contribution in [0, 0.1) is 11.7 Å². The predicted octanol–water partition coefficient (Wildman–Crippen LogP) is 1.98. The molecule has 148 valence electrons. The molecule has 2 heterocycles. The average molecular weight is 375 g/mol. The first kappa shape index (κ1) is 19.6. The molecule has 0 saturated carbocycles. The van der Waals surface area contributed by atoms with Gasteiger partial charge in [0.15, 0.2) is 5.96 Å². The van der Waals surface area contributed by atoms with Crippen LogP contribution in [0.1, 0.15) is 12.5 Å². The van der Waals surface area contributed by atoms with Gasteiger partial charge in [0.05, 0.1) is 13.2 Å². The molecule has 1 aromatic carbocycles. The van der Waals surface area contributed by atoms with Gasteiger partial charge in [0, 0.05) is 56.9 Å². The van der Waals surface area contributed by atoms with Crippen LogP contribution in [0.2, 0.25) is 0 Å². The highest BCUT2D eigenvalue weighted by Crippen LogP contribution is 2.19. The predicted molar refractivity (Wildman–Crippen MR) is 108 cm³/mol. The molecular weight excluding hydrogens is 345 g/mol. The first-order valence-electron chi connectivity index (χ1n) is 9.66. The van der Waals surface area contributed by atoms with E-state index >= 15 is 0 Å². The number of hydrogen-bond donors (Lipinski definition) is 3. The number of halogens is 1. The number of rotatable bonds is 7. The number of benzene rings is 1. The Morgan fingerprint density at radius 1 is 1.33 bits per heavy atom. The maximum atomic E-state index is 13.5. The quantitative estimate of drug-likeness (QED) is 0.512. The molecule has 1 saturated heterocycles. The molecule has 1 aliphatic rings. The lowest BCUT2D eigenvalue weighted by atomic mass is 10.1. The maximum absolute atomic E-state index is 13.5. The Hall–Kier alpha value is -2.12. The molecule has 1 aromatic heterocycles. The minimum Gasteiger partial charge on any atom is -0.379 e. The third-order valence-corrected chi connectivity index (χ3v) is 4.93. The van der Waals surface area contributed by atoms with Gasteiger partial charge in [0.1, 0.15) is 5.82 Å². The van der Waals surface area contributed by atoms with E-state index in [1.807, 2.05) is 6.20 Å². The van der Waals surface area contributed by atoms with Crippen molar-refractivity contribution in [1.29, 1.82) is 0 Å². The maximum Gasteiger partial charge on any atom is 0.190 e. The van der Waals surface area contributed by atoms with Crippen molar-refractivity contribution in [2.45, 2.75) is 13.3 Å². The summed E-state index contributed by atoms with van der Waals surface area (Å²) in [6.45, 7) is 8.62. The van der Waals surface area contributed by atoms with Crippen molar-refractivity contribution in [1.82, 2.24) is 20.5 Å². The summed E-state index contributed by atoms with van der Waals surface area (Å²) in [5, 5.41) is 7.69. The average Bonchev–Trinajstić information content (AvgIpc) is 3.07. The molecule has 1 unspecified atom stereocenters. The molecule has 3 N–H and O–H groups in total. The smallest absolute Gasteiger partial charge is 0.190 e. The van der Waals surface area contributed by atoms with Crippen molar-refractivity contribution in [2.24, 2.45) is 10.9 Å². The van der Waals surface area contributed by atoms with E-state index < -0.39 is 0 Å². The first-order valence-corrected chi connectivity index (χ1v) is 9.66. The molecule has 0 aliphatic carbocycles. The standard InChI is InChI=1S/C20H30FN5O/c1-15(14-26-7-9-27-10-8-26)12-25-20(22-2)23-6-5-16-13-24-19-4-3-17(21)11-18(16)19/h3-4,11,13,15,24H,5-10,12,14H2,1-2H3,(H2,22,23,25). The number of aliphatic imine (C=N–C) groups is 1. The summed E-state index contributed by atoms with van der Waals surface area (Å²) >= 11 is 0. The van der Waals surface area contributed by atoms with E-state index in [1.165, 1.54) is 6.07 Å². The van der Waals surface area contributed by atoms with Crippen LogP contribution in [-0.2, 0) is 11.2 Å². The molecule has 0 radical (unpaired) electrons. The summed E-state index contributed by atoms with van der Waals surface area (Å²) < 4.78 is 18.9. The molecule has 2 aromatic rings. The Morgan fingerprint density at radius 2 is 2.15 bits per heavy atom. The number of nitrogens with zero attached hydrogens (tertiary/aromatic N) is 2. The first-order chi connectivity index (χ1) is 13.2. The number of aromatic amines is 1. The number of nitrogens with one attached hydrogen (secondary N) is 3. The summed E-state index contributed by atoms with van der Waals surface area (Å²) in [4.78, 5) is 9.93. The van der Waals surface area contributed by atoms with Gasteiger partial charge in [-0.05, 0) is 36.1 Å². The van der Waals surface area contributed by atoms with E-state index in [0.717, 1.165) is 74.8 Å².